The minimum absolute atomic E-state index is 0.236. The third kappa shape index (κ3) is 5.30. The van der Waals surface area contributed by atoms with Gasteiger partial charge in [0.15, 0.2) is 0 Å². The highest BCUT2D eigenvalue weighted by Gasteiger charge is 2.35. The first-order valence-electron chi connectivity index (χ1n) is 11.7. The van der Waals surface area contributed by atoms with Crippen LogP contribution in [-0.2, 0) is 9.53 Å². The van der Waals surface area contributed by atoms with E-state index in [1.54, 1.807) is 19.1 Å². The summed E-state index contributed by atoms with van der Waals surface area (Å²) >= 11 is 0. The molecule has 0 aromatic heterocycles. The number of esters is 1. The number of urea groups is 1. The van der Waals surface area contributed by atoms with E-state index in [-0.39, 0.29) is 18.5 Å². The number of carbonyl (C=O) groups excluding carboxylic acids is 2. The van der Waals surface area contributed by atoms with Crippen LogP contribution in [0.25, 0.3) is 0 Å². The van der Waals surface area contributed by atoms with Crippen molar-refractivity contribution in [2.75, 3.05) is 39.3 Å². The van der Waals surface area contributed by atoms with Crippen molar-refractivity contribution >= 4 is 12.0 Å². The summed E-state index contributed by atoms with van der Waals surface area (Å²) in [4.78, 5) is 30.2. The predicted molar refractivity (Wildman–Crippen MR) is 119 cm³/mol. The minimum atomic E-state index is -0.679. The Hall–Kier alpha value is -2.45. The highest BCUT2D eigenvalue weighted by Crippen LogP contribution is 2.29. The van der Waals surface area contributed by atoms with Crippen LogP contribution in [0.15, 0.2) is 35.5 Å². The summed E-state index contributed by atoms with van der Waals surface area (Å²) in [5.74, 6) is -0.836. The maximum Gasteiger partial charge on any atom is 0.338 e. The summed E-state index contributed by atoms with van der Waals surface area (Å²) in [6.45, 7) is 6.24. The van der Waals surface area contributed by atoms with Crippen LogP contribution in [0.5, 0.6) is 0 Å². The van der Waals surface area contributed by atoms with Crippen molar-refractivity contribution in [3.05, 3.63) is 46.9 Å². The number of hydrogen-bond donors (Lipinski definition) is 2. The van der Waals surface area contributed by atoms with Crippen LogP contribution < -0.4 is 10.6 Å². The molecule has 1 atom stereocenters. The number of ether oxygens (including phenoxy) is 1. The molecule has 0 bridgehead atoms. The molecule has 0 radical (unpaired) electrons. The first-order valence-corrected chi connectivity index (χ1v) is 11.7. The maximum absolute atomic E-state index is 13.4. The molecular weight excluding hydrogens is 411 g/mol. The molecule has 1 saturated carbocycles. The first-order chi connectivity index (χ1) is 15.5. The Morgan fingerprint density at radius 1 is 1.09 bits per heavy atom. The number of rotatable bonds is 6. The average molecular weight is 445 g/mol. The number of benzene rings is 1. The van der Waals surface area contributed by atoms with Crippen molar-refractivity contribution in [3.8, 4) is 0 Å². The summed E-state index contributed by atoms with van der Waals surface area (Å²) < 4.78 is 18.8. The topological polar surface area (TPSA) is 73.9 Å². The van der Waals surface area contributed by atoms with Gasteiger partial charge in [0.2, 0.25) is 0 Å². The smallest absolute Gasteiger partial charge is 0.338 e. The van der Waals surface area contributed by atoms with Gasteiger partial charge in [0, 0.05) is 44.5 Å². The summed E-state index contributed by atoms with van der Waals surface area (Å²) in [6, 6.07) is 5.48. The molecular formula is C24H33FN4O3. The molecule has 174 valence electrons. The van der Waals surface area contributed by atoms with E-state index in [4.69, 9.17) is 4.74 Å². The SMILES string of the molecule is CCOC(=O)C1=C(CN2CCN(C3CCCCC3)CC2)NC(=O)N[C@H]1c1ccc(F)cc1. The third-order valence-electron chi connectivity index (χ3n) is 6.73. The molecule has 1 aromatic carbocycles. The molecule has 2 N–H and O–H groups in total. The standard InChI is InChI=1S/C24H33FN4O3/c1-2-32-23(30)21-20(26-24(31)27-22(21)17-8-10-18(25)11-9-17)16-28-12-14-29(15-13-28)19-6-4-3-5-7-19/h8-11,19,22H,2-7,12-16H2,1H3,(H2,26,27,31)/t22-/m0/s1. The molecule has 2 fully saturated rings. The first kappa shape index (κ1) is 22.7. The molecule has 1 saturated heterocycles. The van der Waals surface area contributed by atoms with Crippen LogP contribution in [0, 0.1) is 5.82 Å². The van der Waals surface area contributed by atoms with Crippen molar-refractivity contribution in [2.24, 2.45) is 0 Å². The molecule has 0 spiro atoms. The lowest BCUT2D eigenvalue weighted by Crippen LogP contribution is -2.53. The van der Waals surface area contributed by atoms with Crippen LogP contribution >= 0.6 is 0 Å². The number of halogens is 1. The molecule has 7 nitrogen and oxygen atoms in total. The second-order valence-corrected chi connectivity index (χ2v) is 8.80. The third-order valence-corrected chi connectivity index (χ3v) is 6.73. The molecule has 3 aliphatic rings. The number of nitrogens with zero attached hydrogens (tertiary/aromatic N) is 2. The number of hydrogen-bond acceptors (Lipinski definition) is 5. The summed E-state index contributed by atoms with van der Waals surface area (Å²) in [5.41, 5.74) is 1.59. The van der Waals surface area contributed by atoms with Gasteiger partial charge in [0.05, 0.1) is 18.2 Å². The van der Waals surface area contributed by atoms with Gasteiger partial charge < -0.3 is 15.4 Å². The van der Waals surface area contributed by atoms with Gasteiger partial charge in [0.25, 0.3) is 0 Å². The van der Waals surface area contributed by atoms with E-state index in [1.165, 1.54) is 44.2 Å². The van der Waals surface area contributed by atoms with Gasteiger partial charge in [-0.1, -0.05) is 31.4 Å². The quantitative estimate of drug-likeness (QED) is 0.660. The molecule has 1 aliphatic carbocycles. The molecule has 0 unspecified atom stereocenters. The maximum atomic E-state index is 13.4. The van der Waals surface area contributed by atoms with Crippen molar-refractivity contribution in [3.63, 3.8) is 0 Å². The molecule has 2 aliphatic heterocycles. The van der Waals surface area contributed by atoms with Gasteiger partial charge in [-0.15, -0.1) is 0 Å². The Morgan fingerprint density at radius 2 is 1.78 bits per heavy atom. The number of nitrogens with one attached hydrogen (secondary N) is 2. The van der Waals surface area contributed by atoms with Crippen molar-refractivity contribution < 1.29 is 18.7 Å². The lowest BCUT2D eigenvalue weighted by molar-refractivity contribution is -0.139. The van der Waals surface area contributed by atoms with E-state index in [0.717, 1.165) is 26.2 Å². The monoisotopic (exact) mass is 444 g/mol. The molecule has 2 amide bonds. The Bertz CT molecular complexity index is 843. The van der Waals surface area contributed by atoms with Crippen molar-refractivity contribution in [1.82, 2.24) is 20.4 Å². The van der Waals surface area contributed by atoms with E-state index in [1.807, 2.05) is 0 Å². The Balaban J connectivity index is 1.52. The van der Waals surface area contributed by atoms with Gasteiger partial charge in [0.1, 0.15) is 5.82 Å². The van der Waals surface area contributed by atoms with Crippen LogP contribution in [0.2, 0.25) is 0 Å². The molecule has 32 heavy (non-hydrogen) atoms. The van der Waals surface area contributed by atoms with Crippen molar-refractivity contribution in [1.29, 1.82) is 0 Å². The second kappa shape index (κ2) is 10.4. The fourth-order valence-electron chi connectivity index (χ4n) is 5.05. The van der Waals surface area contributed by atoms with E-state index < -0.39 is 12.0 Å². The lowest BCUT2D eigenvalue weighted by Gasteiger charge is -2.41. The highest BCUT2D eigenvalue weighted by atomic mass is 19.1. The van der Waals surface area contributed by atoms with Gasteiger partial charge >= 0.3 is 12.0 Å². The van der Waals surface area contributed by atoms with Gasteiger partial charge in [-0.05, 0) is 37.5 Å². The summed E-state index contributed by atoms with van der Waals surface area (Å²) in [7, 11) is 0. The fraction of sp³-hybridized carbons (Fsp3) is 0.583. The summed E-state index contributed by atoms with van der Waals surface area (Å²) in [6.07, 6.45) is 6.58. The van der Waals surface area contributed by atoms with Gasteiger partial charge in [-0.25, -0.2) is 14.0 Å². The second-order valence-electron chi connectivity index (χ2n) is 8.80. The number of piperazine rings is 1. The zero-order valence-electron chi connectivity index (χ0n) is 18.7. The molecule has 1 aromatic rings. The van der Waals surface area contributed by atoms with E-state index in [2.05, 4.69) is 20.4 Å². The molecule has 8 heteroatoms. The Kier molecular flexibility index (Phi) is 7.42. The molecule has 2 heterocycles. The van der Waals surface area contributed by atoms with E-state index >= 15 is 0 Å². The largest absolute Gasteiger partial charge is 0.463 e. The zero-order chi connectivity index (χ0) is 22.5. The van der Waals surface area contributed by atoms with Crippen LogP contribution in [-0.4, -0.2) is 67.2 Å². The number of carbonyl (C=O) groups is 2. The number of amides is 2. The normalized spacial score (nSPS) is 23.6. The van der Waals surface area contributed by atoms with Crippen LogP contribution in [0.4, 0.5) is 9.18 Å². The summed E-state index contributed by atoms with van der Waals surface area (Å²) in [5, 5.41) is 5.64. The van der Waals surface area contributed by atoms with Gasteiger partial charge in [-0.3, -0.25) is 9.80 Å². The fourth-order valence-corrected chi connectivity index (χ4v) is 5.05. The van der Waals surface area contributed by atoms with Crippen LogP contribution in [0.3, 0.4) is 0 Å². The zero-order valence-corrected chi connectivity index (χ0v) is 18.7. The van der Waals surface area contributed by atoms with E-state index in [9.17, 15) is 14.0 Å². The predicted octanol–water partition coefficient (Wildman–Crippen LogP) is 2.95. The lowest BCUT2D eigenvalue weighted by atomic mass is 9.93. The highest BCUT2D eigenvalue weighted by molar-refractivity contribution is 5.95. The Labute approximate surface area is 189 Å². The molecule has 4 rings (SSSR count). The average Bonchev–Trinajstić information content (AvgIpc) is 2.80. The van der Waals surface area contributed by atoms with Crippen molar-refractivity contribution in [2.45, 2.75) is 51.1 Å². The van der Waals surface area contributed by atoms with Crippen LogP contribution in [0.1, 0.15) is 50.6 Å². The Morgan fingerprint density at radius 3 is 2.44 bits per heavy atom. The van der Waals surface area contributed by atoms with Gasteiger partial charge in [-0.2, -0.15) is 0 Å². The van der Waals surface area contributed by atoms with E-state index in [0.29, 0.717) is 29.4 Å². The minimum Gasteiger partial charge on any atom is -0.463 e.